The Kier molecular flexibility index (Phi) is 3.54. The van der Waals surface area contributed by atoms with E-state index >= 15 is 0 Å². The smallest absolute Gasteiger partial charge is 0.212 e. The Labute approximate surface area is 150 Å². The van der Waals surface area contributed by atoms with Gasteiger partial charge in [-0.3, -0.25) is 4.98 Å². The zero-order chi connectivity index (χ0) is 17.8. The molecule has 2 heteroatoms. The molecule has 0 atom stereocenters. The molecule has 2 aromatic heterocycles. The Bertz CT molecular complexity index is 983. The van der Waals surface area contributed by atoms with Crippen molar-refractivity contribution in [3.8, 4) is 22.4 Å². The summed E-state index contributed by atoms with van der Waals surface area (Å²) in [6.45, 7) is 8.99. The topological polar surface area (TPSA) is 16.8 Å². The summed E-state index contributed by atoms with van der Waals surface area (Å²) in [6.07, 6.45) is 5.13. The van der Waals surface area contributed by atoms with Crippen molar-refractivity contribution < 1.29 is 4.57 Å². The minimum absolute atomic E-state index is 0.0602. The Morgan fingerprint density at radius 1 is 1.04 bits per heavy atom. The van der Waals surface area contributed by atoms with Crippen LogP contribution in [-0.2, 0) is 18.9 Å². The number of benzene rings is 1. The van der Waals surface area contributed by atoms with Crippen LogP contribution in [0.3, 0.4) is 0 Å². The second kappa shape index (κ2) is 5.52. The van der Waals surface area contributed by atoms with Crippen LogP contribution in [-0.4, -0.2) is 4.98 Å². The number of aromatic nitrogens is 2. The lowest BCUT2D eigenvalue weighted by molar-refractivity contribution is -0.660. The molecule has 0 radical (unpaired) electrons. The molecule has 1 aliphatic carbocycles. The molecular formula is C23H25N2+. The molecule has 0 aliphatic heterocycles. The van der Waals surface area contributed by atoms with Crippen LogP contribution in [0.4, 0.5) is 0 Å². The van der Waals surface area contributed by atoms with Crippen molar-refractivity contribution in [2.24, 2.45) is 7.05 Å². The molecule has 0 bridgehead atoms. The molecule has 2 nitrogen and oxygen atoms in total. The first-order valence-electron chi connectivity index (χ1n) is 9.03. The van der Waals surface area contributed by atoms with Gasteiger partial charge in [-0.25, -0.2) is 4.57 Å². The van der Waals surface area contributed by atoms with E-state index in [1.54, 1.807) is 0 Å². The summed E-state index contributed by atoms with van der Waals surface area (Å²) in [6, 6.07) is 13.5. The summed E-state index contributed by atoms with van der Waals surface area (Å²) in [5.41, 5.74) is 10.4. The van der Waals surface area contributed by atoms with Gasteiger partial charge in [-0.2, -0.15) is 0 Å². The molecule has 3 aromatic rings. The fourth-order valence-electron chi connectivity index (χ4n) is 4.07. The van der Waals surface area contributed by atoms with E-state index in [2.05, 4.69) is 75.8 Å². The van der Waals surface area contributed by atoms with Crippen LogP contribution < -0.4 is 4.57 Å². The highest BCUT2D eigenvalue weighted by Gasteiger charge is 2.37. The highest BCUT2D eigenvalue weighted by atomic mass is 14.9. The molecular weight excluding hydrogens is 304 g/mol. The molecule has 0 amide bonds. The molecule has 0 fully saturated rings. The van der Waals surface area contributed by atoms with E-state index in [9.17, 15) is 0 Å². The molecule has 0 spiro atoms. The van der Waals surface area contributed by atoms with Gasteiger partial charge < -0.3 is 0 Å². The maximum atomic E-state index is 4.70. The lowest BCUT2D eigenvalue weighted by Crippen LogP contribution is -2.31. The zero-order valence-corrected chi connectivity index (χ0v) is 15.7. The maximum absolute atomic E-state index is 4.70. The number of rotatable bonds is 2. The van der Waals surface area contributed by atoms with Crippen LogP contribution in [0.25, 0.3) is 22.4 Å². The van der Waals surface area contributed by atoms with E-state index in [4.69, 9.17) is 4.98 Å². The summed E-state index contributed by atoms with van der Waals surface area (Å²) < 4.78 is 2.22. The summed E-state index contributed by atoms with van der Waals surface area (Å²) in [5.74, 6) is 0. The van der Waals surface area contributed by atoms with E-state index in [0.717, 1.165) is 6.42 Å². The Morgan fingerprint density at radius 3 is 2.60 bits per heavy atom. The van der Waals surface area contributed by atoms with Crippen LogP contribution in [0.2, 0.25) is 0 Å². The lowest BCUT2D eigenvalue weighted by atomic mass is 9.83. The van der Waals surface area contributed by atoms with Crippen LogP contribution in [0.1, 0.15) is 43.2 Å². The van der Waals surface area contributed by atoms with E-state index in [1.165, 1.54) is 44.8 Å². The van der Waals surface area contributed by atoms with Gasteiger partial charge in [-0.15, -0.1) is 0 Å². The highest BCUT2D eigenvalue weighted by Crippen LogP contribution is 2.49. The van der Waals surface area contributed by atoms with Crippen molar-refractivity contribution in [2.75, 3.05) is 0 Å². The van der Waals surface area contributed by atoms with Crippen molar-refractivity contribution >= 4 is 0 Å². The molecule has 126 valence electrons. The minimum Gasteiger partial charge on any atom is -0.260 e. The van der Waals surface area contributed by atoms with Gasteiger partial charge in [-0.1, -0.05) is 32.9 Å². The average Bonchev–Trinajstić information content (AvgIpc) is 2.83. The van der Waals surface area contributed by atoms with Crippen molar-refractivity contribution in [1.82, 2.24) is 4.98 Å². The highest BCUT2D eigenvalue weighted by molar-refractivity contribution is 5.83. The summed E-state index contributed by atoms with van der Waals surface area (Å²) in [5, 5.41) is 0. The van der Waals surface area contributed by atoms with Gasteiger partial charge in [0.15, 0.2) is 6.20 Å². The molecule has 0 saturated carbocycles. The first-order chi connectivity index (χ1) is 11.9. The molecule has 1 aliphatic rings. The predicted octanol–water partition coefficient (Wildman–Crippen LogP) is 4.75. The van der Waals surface area contributed by atoms with Gasteiger partial charge in [0.2, 0.25) is 5.69 Å². The van der Waals surface area contributed by atoms with Crippen LogP contribution in [0, 0.1) is 6.92 Å². The van der Waals surface area contributed by atoms with Crippen LogP contribution in [0.5, 0.6) is 0 Å². The van der Waals surface area contributed by atoms with Gasteiger partial charge in [-0.05, 0) is 47.7 Å². The second-order valence-corrected chi connectivity index (χ2v) is 7.62. The van der Waals surface area contributed by atoms with E-state index in [1.807, 2.05) is 12.3 Å². The van der Waals surface area contributed by atoms with E-state index < -0.39 is 0 Å². The molecule has 0 saturated heterocycles. The number of nitrogens with zero attached hydrogens (tertiary/aromatic N) is 2. The predicted molar refractivity (Wildman–Crippen MR) is 103 cm³/mol. The molecule has 4 rings (SSSR count). The van der Waals surface area contributed by atoms with Crippen molar-refractivity contribution in [2.45, 2.75) is 39.5 Å². The Morgan fingerprint density at radius 2 is 1.84 bits per heavy atom. The minimum atomic E-state index is -0.0602. The van der Waals surface area contributed by atoms with E-state index in [0.29, 0.717) is 0 Å². The standard InChI is InChI=1S/C23H25N2/c1-6-16-9-11-25(5)21(13-16)18-14-20-19(12-15(18)2)17-8-7-10-24-22(17)23(20,3)4/h7-14H,6H2,1-5H3/q+1. The zero-order valence-electron chi connectivity index (χ0n) is 15.7. The van der Waals surface area contributed by atoms with Crippen molar-refractivity contribution in [3.05, 3.63) is 71.2 Å². The third-order valence-corrected chi connectivity index (χ3v) is 5.63. The number of pyridine rings is 2. The van der Waals surface area contributed by atoms with Crippen molar-refractivity contribution in [1.29, 1.82) is 0 Å². The number of fused-ring (bicyclic) bond motifs is 3. The van der Waals surface area contributed by atoms with Crippen LogP contribution in [0.15, 0.2) is 48.8 Å². The molecule has 0 N–H and O–H groups in total. The number of aryl methyl sites for hydroxylation is 3. The van der Waals surface area contributed by atoms with Crippen molar-refractivity contribution in [3.63, 3.8) is 0 Å². The fraction of sp³-hybridized carbons (Fsp3) is 0.304. The molecule has 0 unspecified atom stereocenters. The largest absolute Gasteiger partial charge is 0.260 e. The number of hydrogen-bond acceptors (Lipinski definition) is 1. The summed E-state index contributed by atoms with van der Waals surface area (Å²) in [4.78, 5) is 4.70. The van der Waals surface area contributed by atoms with Gasteiger partial charge in [0.1, 0.15) is 7.05 Å². The normalized spacial score (nSPS) is 14.3. The average molecular weight is 329 g/mol. The van der Waals surface area contributed by atoms with Crippen LogP contribution >= 0.6 is 0 Å². The fourth-order valence-corrected chi connectivity index (χ4v) is 4.07. The Balaban J connectivity index is 1.97. The van der Waals surface area contributed by atoms with Gasteiger partial charge >= 0.3 is 0 Å². The summed E-state index contributed by atoms with van der Waals surface area (Å²) in [7, 11) is 2.13. The SMILES string of the molecule is CCc1cc[n+](C)c(-c2cc3c(cc2C)-c2cccnc2C3(C)C)c1. The summed E-state index contributed by atoms with van der Waals surface area (Å²) >= 11 is 0. The monoisotopic (exact) mass is 329 g/mol. The Hall–Kier alpha value is -2.48. The van der Waals surface area contributed by atoms with E-state index in [-0.39, 0.29) is 5.41 Å². The lowest BCUT2D eigenvalue weighted by Gasteiger charge is -2.21. The molecule has 1 aromatic carbocycles. The first kappa shape index (κ1) is 16.0. The molecule has 2 heterocycles. The third-order valence-electron chi connectivity index (χ3n) is 5.63. The maximum Gasteiger partial charge on any atom is 0.212 e. The quantitative estimate of drug-likeness (QED) is 0.620. The third kappa shape index (κ3) is 2.31. The number of hydrogen-bond donors (Lipinski definition) is 0. The second-order valence-electron chi connectivity index (χ2n) is 7.62. The van der Waals surface area contributed by atoms with Gasteiger partial charge in [0, 0.05) is 34.9 Å². The first-order valence-corrected chi connectivity index (χ1v) is 9.03. The van der Waals surface area contributed by atoms with Gasteiger partial charge in [0.25, 0.3) is 0 Å². The van der Waals surface area contributed by atoms with Gasteiger partial charge in [0.05, 0.1) is 5.69 Å². The molecule has 25 heavy (non-hydrogen) atoms.